The molecule has 1 N–H and O–H groups in total. The van der Waals surface area contributed by atoms with E-state index in [4.69, 9.17) is 0 Å². The molecular weight excluding hydrogens is 450 g/mol. The first-order chi connectivity index (χ1) is 16.3. The van der Waals surface area contributed by atoms with Gasteiger partial charge in [-0.2, -0.15) is 0 Å². The van der Waals surface area contributed by atoms with Gasteiger partial charge in [-0.25, -0.2) is 9.97 Å². The normalized spacial score (nSPS) is 20.2. The van der Waals surface area contributed by atoms with Crippen LogP contribution in [0.25, 0.3) is 10.2 Å². The molecule has 1 spiro atoms. The number of hydrogen-bond donors (Lipinski definition) is 1. The Morgan fingerprint density at radius 1 is 1.26 bits per heavy atom. The molecule has 3 aromatic rings. The van der Waals surface area contributed by atoms with Gasteiger partial charge in [0.15, 0.2) is 5.78 Å². The van der Waals surface area contributed by atoms with Crippen molar-refractivity contribution in [3.8, 4) is 0 Å². The fourth-order valence-corrected chi connectivity index (χ4v) is 7.25. The first kappa shape index (κ1) is 21.5. The van der Waals surface area contributed by atoms with Crippen LogP contribution in [0.4, 0.5) is 11.5 Å². The highest BCUT2D eigenvalue weighted by atomic mass is 32.1. The van der Waals surface area contributed by atoms with Gasteiger partial charge in [0, 0.05) is 31.3 Å². The van der Waals surface area contributed by atoms with E-state index in [1.165, 1.54) is 16.8 Å². The third-order valence-corrected chi connectivity index (χ3v) is 8.95. The summed E-state index contributed by atoms with van der Waals surface area (Å²) >= 11 is 1.61. The first-order valence-electron chi connectivity index (χ1n) is 11.8. The van der Waals surface area contributed by atoms with E-state index in [1.54, 1.807) is 41.0 Å². The number of thiophene rings is 1. The smallest absolute Gasteiger partial charge is 0.275 e. The van der Waals surface area contributed by atoms with Crippen LogP contribution in [0.5, 0.6) is 0 Å². The molecule has 1 aliphatic heterocycles. The number of fused-ring (bicyclic) bond motifs is 5. The average molecular weight is 478 g/mol. The fraction of sp³-hybridized carbons (Fsp3) is 0.480. The second-order valence-electron chi connectivity index (χ2n) is 10.1. The van der Waals surface area contributed by atoms with Crippen LogP contribution in [-0.4, -0.2) is 45.2 Å². The zero-order chi connectivity index (χ0) is 23.8. The van der Waals surface area contributed by atoms with Crippen molar-refractivity contribution < 1.29 is 9.59 Å². The molecule has 3 aliphatic rings. The second kappa shape index (κ2) is 7.46. The number of rotatable bonds is 3. The molecule has 8 nitrogen and oxygen atoms in total. The summed E-state index contributed by atoms with van der Waals surface area (Å²) in [4.78, 5) is 51.5. The zero-order valence-electron chi connectivity index (χ0n) is 19.6. The largest absolute Gasteiger partial charge is 0.349 e. The summed E-state index contributed by atoms with van der Waals surface area (Å²) < 4.78 is 1.76. The third-order valence-electron chi connectivity index (χ3n) is 7.79. The lowest BCUT2D eigenvalue weighted by Crippen LogP contribution is -2.44. The van der Waals surface area contributed by atoms with Crippen LogP contribution in [0.15, 0.2) is 17.2 Å². The number of amides is 1. The van der Waals surface area contributed by atoms with Crippen LogP contribution in [0.3, 0.4) is 0 Å². The van der Waals surface area contributed by atoms with E-state index in [0.717, 1.165) is 47.9 Å². The third kappa shape index (κ3) is 2.99. The van der Waals surface area contributed by atoms with Crippen molar-refractivity contribution in [2.45, 2.75) is 57.4 Å². The number of carbonyl (C=O) groups excluding carboxylic acids is 2. The Kier molecular flexibility index (Phi) is 4.71. The minimum atomic E-state index is -0.345. The van der Waals surface area contributed by atoms with Gasteiger partial charge in [0.05, 0.1) is 16.6 Å². The molecule has 1 atom stereocenters. The molecule has 0 aromatic carbocycles. The van der Waals surface area contributed by atoms with Crippen LogP contribution in [0.2, 0.25) is 0 Å². The number of nitrogens with zero attached hydrogens (tertiary/aromatic N) is 4. The predicted octanol–water partition coefficient (Wildman–Crippen LogP) is 3.56. The molecule has 0 radical (unpaired) electrons. The summed E-state index contributed by atoms with van der Waals surface area (Å²) in [5.74, 6) is 0.830. The molecule has 0 bridgehead atoms. The topological polar surface area (TPSA) is 97.2 Å². The number of Topliss-reactive ketones (excluding diaryl/α,β-unsaturated/α-hetero) is 1. The van der Waals surface area contributed by atoms with Gasteiger partial charge in [-0.3, -0.25) is 19.0 Å². The first-order valence-corrected chi connectivity index (χ1v) is 12.6. The lowest BCUT2D eigenvalue weighted by Gasteiger charge is -2.39. The van der Waals surface area contributed by atoms with Crippen molar-refractivity contribution >= 4 is 44.7 Å². The molecule has 2 aliphatic carbocycles. The summed E-state index contributed by atoms with van der Waals surface area (Å²) in [7, 11) is 3.60. The van der Waals surface area contributed by atoms with E-state index >= 15 is 0 Å². The molecule has 9 heteroatoms. The van der Waals surface area contributed by atoms with Crippen molar-refractivity contribution in [2.75, 3.05) is 19.4 Å². The maximum Gasteiger partial charge on any atom is 0.275 e. The quantitative estimate of drug-likeness (QED) is 0.620. The number of aryl methyl sites for hydroxylation is 2. The summed E-state index contributed by atoms with van der Waals surface area (Å²) in [6.45, 7) is 1.90. The van der Waals surface area contributed by atoms with Gasteiger partial charge in [-0.1, -0.05) is 0 Å². The van der Waals surface area contributed by atoms with E-state index in [1.807, 2.05) is 6.92 Å². The highest BCUT2D eigenvalue weighted by Crippen LogP contribution is 2.47. The zero-order valence-corrected chi connectivity index (χ0v) is 20.4. The van der Waals surface area contributed by atoms with Crippen molar-refractivity contribution in [2.24, 2.45) is 5.92 Å². The Bertz CT molecular complexity index is 1430. The van der Waals surface area contributed by atoms with Crippen LogP contribution in [-0.2, 0) is 23.2 Å². The van der Waals surface area contributed by atoms with E-state index < -0.39 is 0 Å². The number of anilines is 2. The lowest BCUT2D eigenvalue weighted by molar-refractivity contribution is -0.133. The predicted molar refractivity (Wildman–Crippen MR) is 131 cm³/mol. The molecule has 1 saturated carbocycles. The van der Waals surface area contributed by atoms with Crippen LogP contribution in [0.1, 0.15) is 58.6 Å². The fourth-order valence-electron chi connectivity index (χ4n) is 5.99. The summed E-state index contributed by atoms with van der Waals surface area (Å²) in [5.41, 5.74) is 2.50. The standard InChI is InChI=1S/C25H27N5O3S/c1-13-9-16(24(33)30-20(13)17(31)11-25(30)7-4-8-25)28-21-19-15-6-5-14(23(32)29(2)3)10-18(15)34-22(19)27-12-26-21/h9,12,14H,4-8,10-11H2,1-3H3,(H,26,27,28)/t14-/m0/s1. The van der Waals surface area contributed by atoms with Crippen molar-refractivity contribution in [1.29, 1.82) is 0 Å². The van der Waals surface area contributed by atoms with Gasteiger partial charge in [-0.05, 0) is 62.6 Å². The maximum atomic E-state index is 13.6. The number of aromatic nitrogens is 3. The van der Waals surface area contributed by atoms with E-state index in [2.05, 4.69) is 15.3 Å². The molecule has 0 unspecified atom stereocenters. The van der Waals surface area contributed by atoms with E-state index in [9.17, 15) is 14.4 Å². The lowest BCUT2D eigenvalue weighted by atomic mass is 9.75. The minimum Gasteiger partial charge on any atom is -0.349 e. The Morgan fingerprint density at radius 3 is 2.76 bits per heavy atom. The van der Waals surface area contributed by atoms with E-state index in [0.29, 0.717) is 30.0 Å². The Labute approximate surface area is 201 Å². The number of pyridine rings is 1. The number of nitrogens with one attached hydrogen (secondary N) is 1. The van der Waals surface area contributed by atoms with Gasteiger partial charge in [-0.15, -0.1) is 11.3 Å². The summed E-state index contributed by atoms with van der Waals surface area (Å²) in [5, 5.41) is 4.25. The Hall–Kier alpha value is -3.07. The SMILES string of the molecule is Cc1cc(Nc2ncnc3sc4c(c23)CC[C@H](C(=O)N(C)C)C4)c(=O)n2c1C(=O)CC21CCC1. The average Bonchev–Trinajstić information content (AvgIpc) is 3.32. The number of ketones is 1. The molecule has 1 fully saturated rings. The molecule has 4 heterocycles. The van der Waals surface area contributed by atoms with Gasteiger partial charge in [0.1, 0.15) is 22.7 Å². The maximum absolute atomic E-state index is 13.6. The highest BCUT2D eigenvalue weighted by molar-refractivity contribution is 7.19. The molecule has 1 amide bonds. The van der Waals surface area contributed by atoms with Crippen molar-refractivity contribution in [3.05, 3.63) is 44.4 Å². The molecule has 0 saturated heterocycles. The molecule has 176 valence electrons. The number of carbonyl (C=O) groups is 2. The van der Waals surface area contributed by atoms with Gasteiger partial charge < -0.3 is 10.2 Å². The van der Waals surface area contributed by atoms with Gasteiger partial charge in [0.2, 0.25) is 5.91 Å². The van der Waals surface area contributed by atoms with Crippen LogP contribution < -0.4 is 10.9 Å². The van der Waals surface area contributed by atoms with Crippen LogP contribution in [0, 0.1) is 12.8 Å². The van der Waals surface area contributed by atoms with Crippen molar-refractivity contribution in [1.82, 2.24) is 19.4 Å². The molecule has 6 rings (SSSR count). The summed E-state index contributed by atoms with van der Waals surface area (Å²) in [6, 6.07) is 1.78. The second-order valence-corrected chi connectivity index (χ2v) is 11.2. The monoisotopic (exact) mass is 477 g/mol. The molecule has 3 aromatic heterocycles. The van der Waals surface area contributed by atoms with E-state index in [-0.39, 0.29) is 28.7 Å². The number of hydrogen-bond acceptors (Lipinski definition) is 7. The Balaban J connectivity index is 1.41. The Morgan fingerprint density at radius 2 is 2.06 bits per heavy atom. The molecular formula is C25H27N5O3S. The highest BCUT2D eigenvalue weighted by Gasteiger charge is 2.49. The van der Waals surface area contributed by atoms with Crippen LogP contribution >= 0.6 is 11.3 Å². The minimum absolute atomic E-state index is 0.0138. The van der Waals surface area contributed by atoms with Gasteiger partial charge in [0.25, 0.3) is 5.56 Å². The summed E-state index contributed by atoms with van der Waals surface area (Å²) in [6.07, 6.45) is 7.00. The van der Waals surface area contributed by atoms with Gasteiger partial charge >= 0.3 is 0 Å². The van der Waals surface area contributed by atoms with Crippen molar-refractivity contribution in [3.63, 3.8) is 0 Å². The molecule has 34 heavy (non-hydrogen) atoms.